The second-order valence-corrected chi connectivity index (χ2v) is 4.91. The Bertz CT molecular complexity index is 624. The standard InChI is InChI=1S/C16H17N3OS/c1-12(18-19-16(17)21)14-7-9-15(10-8-14)20-11-13-5-3-2-4-6-13/h2-10H,11H2,1H3,(H3,17,19,21)/b18-12+. The maximum Gasteiger partial charge on any atom is 0.184 e. The van der Waals surface area contributed by atoms with Gasteiger partial charge in [-0.15, -0.1) is 0 Å². The van der Waals surface area contributed by atoms with Gasteiger partial charge in [0.2, 0.25) is 0 Å². The van der Waals surface area contributed by atoms with Crippen LogP contribution in [0.25, 0.3) is 0 Å². The van der Waals surface area contributed by atoms with Crippen LogP contribution >= 0.6 is 12.2 Å². The van der Waals surface area contributed by atoms with Gasteiger partial charge < -0.3 is 10.5 Å². The highest BCUT2D eigenvalue weighted by Crippen LogP contribution is 2.14. The number of nitrogens with zero attached hydrogens (tertiary/aromatic N) is 1. The van der Waals surface area contributed by atoms with E-state index in [1.807, 2.05) is 61.5 Å². The van der Waals surface area contributed by atoms with Crippen molar-refractivity contribution < 1.29 is 4.74 Å². The number of rotatable bonds is 5. The normalized spacial score (nSPS) is 11.0. The fourth-order valence-electron chi connectivity index (χ4n) is 1.74. The lowest BCUT2D eigenvalue weighted by atomic mass is 10.1. The second-order valence-electron chi connectivity index (χ2n) is 4.47. The van der Waals surface area contributed by atoms with E-state index < -0.39 is 0 Å². The summed E-state index contributed by atoms with van der Waals surface area (Å²) in [6, 6.07) is 17.8. The van der Waals surface area contributed by atoms with E-state index in [2.05, 4.69) is 10.5 Å². The Balaban J connectivity index is 1.96. The summed E-state index contributed by atoms with van der Waals surface area (Å²) < 4.78 is 5.73. The molecule has 5 heteroatoms. The van der Waals surface area contributed by atoms with Crippen LogP contribution in [0.1, 0.15) is 18.1 Å². The van der Waals surface area contributed by atoms with E-state index in [4.69, 9.17) is 22.7 Å². The topological polar surface area (TPSA) is 59.6 Å². The first-order chi connectivity index (χ1) is 10.1. The summed E-state index contributed by atoms with van der Waals surface area (Å²) in [6.07, 6.45) is 0. The molecule has 0 aliphatic rings. The molecule has 0 aliphatic carbocycles. The minimum Gasteiger partial charge on any atom is -0.489 e. The molecule has 0 saturated heterocycles. The highest BCUT2D eigenvalue weighted by Gasteiger charge is 2.00. The Morgan fingerprint density at radius 2 is 1.81 bits per heavy atom. The molecule has 0 spiro atoms. The second kappa shape index (κ2) is 7.40. The molecule has 2 aromatic rings. The van der Waals surface area contributed by atoms with Gasteiger partial charge in [0.25, 0.3) is 0 Å². The van der Waals surface area contributed by atoms with Gasteiger partial charge in [-0.3, -0.25) is 5.43 Å². The lowest BCUT2D eigenvalue weighted by Gasteiger charge is -2.07. The average molecular weight is 299 g/mol. The first-order valence-corrected chi connectivity index (χ1v) is 6.93. The Morgan fingerprint density at radius 3 is 2.43 bits per heavy atom. The molecule has 0 aromatic heterocycles. The smallest absolute Gasteiger partial charge is 0.184 e. The SMILES string of the molecule is C/C(=N\NC(N)=S)c1ccc(OCc2ccccc2)cc1. The maximum absolute atomic E-state index is 5.73. The molecular weight excluding hydrogens is 282 g/mol. The van der Waals surface area contributed by atoms with Crippen LogP contribution in [0.2, 0.25) is 0 Å². The van der Waals surface area contributed by atoms with E-state index in [1.54, 1.807) is 0 Å². The monoisotopic (exact) mass is 299 g/mol. The highest BCUT2D eigenvalue weighted by molar-refractivity contribution is 7.80. The molecule has 2 aromatic carbocycles. The molecule has 2 rings (SSSR count). The molecule has 0 aliphatic heterocycles. The highest BCUT2D eigenvalue weighted by atomic mass is 32.1. The number of nitrogens with one attached hydrogen (secondary N) is 1. The molecule has 0 heterocycles. The van der Waals surface area contributed by atoms with Crippen molar-refractivity contribution in [3.63, 3.8) is 0 Å². The van der Waals surface area contributed by atoms with Crippen molar-refractivity contribution in [1.82, 2.24) is 5.43 Å². The summed E-state index contributed by atoms with van der Waals surface area (Å²) in [7, 11) is 0. The van der Waals surface area contributed by atoms with E-state index in [0.29, 0.717) is 6.61 Å². The summed E-state index contributed by atoms with van der Waals surface area (Å²) in [5, 5.41) is 4.23. The molecule has 4 nitrogen and oxygen atoms in total. The molecule has 3 N–H and O–H groups in total. The van der Waals surface area contributed by atoms with Gasteiger partial charge in [0.1, 0.15) is 12.4 Å². The number of hydrogen-bond donors (Lipinski definition) is 2. The van der Waals surface area contributed by atoms with Gasteiger partial charge >= 0.3 is 0 Å². The first-order valence-electron chi connectivity index (χ1n) is 6.52. The van der Waals surface area contributed by atoms with Crippen LogP contribution in [-0.4, -0.2) is 10.8 Å². The number of benzene rings is 2. The zero-order valence-corrected chi connectivity index (χ0v) is 12.6. The quantitative estimate of drug-likeness (QED) is 0.506. The fourth-order valence-corrected chi connectivity index (χ4v) is 1.78. The summed E-state index contributed by atoms with van der Waals surface area (Å²) in [5.74, 6) is 0.817. The summed E-state index contributed by atoms with van der Waals surface area (Å²) in [4.78, 5) is 0. The van der Waals surface area contributed by atoms with Crippen LogP contribution in [-0.2, 0) is 6.61 Å². The van der Waals surface area contributed by atoms with E-state index >= 15 is 0 Å². The van der Waals surface area contributed by atoms with Crippen molar-refractivity contribution in [3.05, 3.63) is 65.7 Å². The maximum atomic E-state index is 5.73. The van der Waals surface area contributed by atoms with Gasteiger partial charge in [-0.1, -0.05) is 30.3 Å². The van der Waals surface area contributed by atoms with Gasteiger partial charge in [-0.25, -0.2) is 0 Å². The van der Waals surface area contributed by atoms with Crippen molar-refractivity contribution in [1.29, 1.82) is 0 Å². The predicted octanol–water partition coefficient (Wildman–Crippen LogP) is 2.82. The van der Waals surface area contributed by atoms with Gasteiger partial charge in [0.05, 0.1) is 5.71 Å². The van der Waals surface area contributed by atoms with E-state index in [9.17, 15) is 0 Å². The summed E-state index contributed by atoms with van der Waals surface area (Å²) >= 11 is 4.71. The zero-order valence-electron chi connectivity index (χ0n) is 11.7. The number of ether oxygens (including phenoxy) is 1. The van der Waals surface area contributed by atoms with Crippen molar-refractivity contribution in [2.45, 2.75) is 13.5 Å². The predicted molar refractivity (Wildman–Crippen MR) is 89.3 cm³/mol. The fraction of sp³-hybridized carbons (Fsp3) is 0.125. The minimum absolute atomic E-state index is 0.150. The molecular formula is C16H17N3OS. The molecule has 21 heavy (non-hydrogen) atoms. The van der Waals surface area contributed by atoms with E-state index in [0.717, 1.165) is 22.6 Å². The van der Waals surface area contributed by atoms with Crippen molar-refractivity contribution in [2.24, 2.45) is 10.8 Å². The van der Waals surface area contributed by atoms with E-state index in [1.165, 1.54) is 0 Å². The Labute approximate surface area is 129 Å². The number of thiocarbonyl (C=S) groups is 1. The molecule has 0 atom stereocenters. The third-order valence-corrected chi connectivity index (χ3v) is 2.95. The van der Waals surface area contributed by atoms with Gasteiger partial charge in [0, 0.05) is 0 Å². The minimum atomic E-state index is 0.150. The van der Waals surface area contributed by atoms with Crippen LogP contribution in [0.5, 0.6) is 5.75 Å². The molecule has 0 fully saturated rings. The number of hydrogen-bond acceptors (Lipinski definition) is 3. The number of nitrogens with two attached hydrogens (primary N) is 1. The Morgan fingerprint density at radius 1 is 1.14 bits per heavy atom. The van der Waals surface area contributed by atoms with Gasteiger partial charge in [0.15, 0.2) is 5.11 Å². The zero-order chi connectivity index (χ0) is 15.1. The summed E-state index contributed by atoms with van der Waals surface area (Å²) in [5.41, 5.74) is 10.8. The van der Waals surface area contributed by atoms with Crippen LogP contribution in [0, 0.1) is 0 Å². The molecule has 108 valence electrons. The molecule has 0 amide bonds. The van der Waals surface area contributed by atoms with Crippen molar-refractivity contribution in [2.75, 3.05) is 0 Å². The first kappa shape index (κ1) is 15.0. The van der Waals surface area contributed by atoms with Crippen LogP contribution < -0.4 is 15.9 Å². The number of hydrazone groups is 1. The molecule has 0 unspecified atom stereocenters. The molecule has 0 radical (unpaired) electrons. The van der Waals surface area contributed by atoms with E-state index in [-0.39, 0.29) is 5.11 Å². The van der Waals surface area contributed by atoms with Gasteiger partial charge in [-0.2, -0.15) is 5.10 Å². The Hall–Kier alpha value is -2.40. The lowest BCUT2D eigenvalue weighted by molar-refractivity contribution is 0.306. The van der Waals surface area contributed by atoms with Crippen LogP contribution in [0.3, 0.4) is 0 Å². The third-order valence-electron chi connectivity index (χ3n) is 2.85. The van der Waals surface area contributed by atoms with Crippen molar-refractivity contribution >= 4 is 23.0 Å². The largest absolute Gasteiger partial charge is 0.489 e. The van der Waals surface area contributed by atoms with Gasteiger partial charge in [-0.05, 0) is 54.5 Å². The van der Waals surface area contributed by atoms with Crippen molar-refractivity contribution in [3.8, 4) is 5.75 Å². The third kappa shape index (κ3) is 4.89. The lowest BCUT2D eigenvalue weighted by Crippen LogP contribution is -2.25. The van der Waals surface area contributed by atoms with Crippen LogP contribution in [0.15, 0.2) is 59.7 Å². The van der Waals surface area contributed by atoms with Crippen LogP contribution in [0.4, 0.5) is 0 Å². The molecule has 0 bridgehead atoms. The molecule has 0 saturated carbocycles. The average Bonchev–Trinajstić information content (AvgIpc) is 2.52. The Kier molecular flexibility index (Phi) is 5.29. The summed E-state index contributed by atoms with van der Waals surface area (Å²) in [6.45, 7) is 2.43.